The Labute approximate surface area is 99.7 Å². The number of hydrazine groups is 1. The number of fused-ring (bicyclic) bond motifs is 1. The molecule has 2 unspecified atom stereocenters. The molecule has 2 aliphatic heterocycles. The molecule has 5 nitrogen and oxygen atoms in total. The molecule has 0 aliphatic carbocycles. The van der Waals surface area contributed by atoms with E-state index >= 15 is 0 Å². The number of aliphatic hydroxyl groups excluding tert-OH is 1. The first-order valence-electron chi connectivity index (χ1n) is 5.87. The number of aliphatic hydroxyl groups is 1. The SMILES string of the molecule is OCC1CNNC1c1ccc2c(c1)OCCO2. The quantitative estimate of drug-likeness (QED) is 0.685. The van der Waals surface area contributed by atoms with Gasteiger partial charge >= 0.3 is 0 Å². The second kappa shape index (κ2) is 4.52. The maximum Gasteiger partial charge on any atom is 0.161 e. The highest BCUT2D eigenvalue weighted by atomic mass is 16.6. The lowest BCUT2D eigenvalue weighted by molar-refractivity contribution is 0.171. The Bertz CT molecular complexity index is 411. The fourth-order valence-corrected chi connectivity index (χ4v) is 2.31. The van der Waals surface area contributed by atoms with E-state index in [1.54, 1.807) is 0 Å². The van der Waals surface area contributed by atoms with Crippen molar-refractivity contribution in [2.75, 3.05) is 26.4 Å². The second-order valence-electron chi connectivity index (χ2n) is 4.35. The third kappa shape index (κ3) is 1.97. The summed E-state index contributed by atoms with van der Waals surface area (Å²) in [6, 6.07) is 6.05. The Balaban J connectivity index is 1.88. The van der Waals surface area contributed by atoms with Crippen LogP contribution in [0.1, 0.15) is 11.6 Å². The van der Waals surface area contributed by atoms with Gasteiger partial charge in [-0.15, -0.1) is 0 Å². The summed E-state index contributed by atoms with van der Waals surface area (Å²) in [5.74, 6) is 1.78. The molecule has 3 rings (SSSR count). The lowest BCUT2D eigenvalue weighted by Crippen LogP contribution is -2.25. The number of ether oxygens (including phenoxy) is 2. The molecule has 0 bridgehead atoms. The number of rotatable bonds is 2. The van der Waals surface area contributed by atoms with Crippen LogP contribution in [0, 0.1) is 5.92 Å². The van der Waals surface area contributed by atoms with Gasteiger partial charge < -0.3 is 14.6 Å². The van der Waals surface area contributed by atoms with Gasteiger partial charge in [0, 0.05) is 19.1 Å². The highest BCUT2D eigenvalue weighted by Gasteiger charge is 2.28. The highest BCUT2D eigenvalue weighted by molar-refractivity contribution is 5.45. The van der Waals surface area contributed by atoms with Crippen molar-refractivity contribution in [1.29, 1.82) is 0 Å². The van der Waals surface area contributed by atoms with E-state index in [9.17, 15) is 5.11 Å². The molecular weight excluding hydrogens is 220 g/mol. The molecule has 3 N–H and O–H groups in total. The van der Waals surface area contributed by atoms with Crippen LogP contribution in [0.2, 0.25) is 0 Å². The normalized spacial score (nSPS) is 27.1. The van der Waals surface area contributed by atoms with Gasteiger partial charge in [0.25, 0.3) is 0 Å². The summed E-state index contributed by atoms with van der Waals surface area (Å²) in [6.07, 6.45) is 0. The molecular formula is C12H16N2O3. The molecule has 0 amide bonds. The lowest BCUT2D eigenvalue weighted by Gasteiger charge is -2.22. The molecule has 0 spiro atoms. The Morgan fingerprint density at radius 2 is 2.06 bits per heavy atom. The predicted octanol–water partition coefficient (Wildman–Crippen LogP) is 0.215. The van der Waals surface area contributed by atoms with Crippen molar-refractivity contribution in [3.63, 3.8) is 0 Å². The first kappa shape index (κ1) is 10.8. The number of hydrogen-bond acceptors (Lipinski definition) is 5. The number of hydrogen-bond donors (Lipinski definition) is 3. The highest BCUT2D eigenvalue weighted by Crippen LogP contribution is 2.34. The van der Waals surface area contributed by atoms with Crippen molar-refractivity contribution < 1.29 is 14.6 Å². The predicted molar refractivity (Wildman–Crippen MR) is 61.9 cm³/mol. The molecule has 0 radical (unpaired) electrons. The van der Waals surface area contributed by atoms with Crippen molar-refractivity contribution in [2.45, 2.75) is 6.04 Å². The number of benzene rings is 1. The second-order valence-corrected chi connectivity index (χ2v) is 4.35. The summed E-state index contributed by atoms with van der Waals surface area (Å²) in [7, 11) is 0. The Morgan fingerprint density at radius 3 is 2.88 bits per heavy atom. The van der Waals surface area contributed by atoms with Crippen molar-refractivity contribution >= 4 is 0 Å². The van der Waals surface area contributed by atoms with E-state index in [-0.39, 0.29) is 18.6 Å². The average Bonchev–Trinajstić information content (AvgIpc) is 2.86. The smallest absolute Gasteiger partial charge is 0.161 e. The summed E-state index contributed by atoms with van der Waals surface area (Å²) >= 11 is 0. The van der Waals surface area contributed by atoms with Gasteiger partial charge in [-0.2, -0.15) is 0 Å². The summed E-state index contributed by atoms with van der Waals surface area (Å²) in [6.45, 7) is 2.14. The van der Waals surface area contributed by atoms with Crippen molar-refractivity contribution in [1.82, 2.24) is 10.9 Å². The van der Waals surface area contributed by atoms with E-state index in [4.69, 9.17) is 9.47 Å². The van der Waals surface area contributed by atoms with Crippen LogP contribution in [-0.2, 0) is 0 Å². The largest absolute Gasteiger partial charge is 0.486 e. The summed E-state index contributed by atoms with van der Waals surface area (Å²) < 4.78 is 11.0. The topological polar surface area (TPSA) is 62.8 Å². The van der Waals surface area contributed by atoms with Crippen molar-refractivity contribution in [2.24, 2.45) is 5.92 Å². The average molecular weight is 236 g/mol. The zero-order valence-corrected chi connectivity index (χ0v) is 9.48. The summed E-state index contributed by atoms with van der Waals surface area (Å²) in [5, 5.41) is 9.30. The molecule has 1 aromatic rings. The Morgan fingerprint density at radius 1 is 1.24 bits per heavy atom. The van der Waals surface area contributed by atoms with E-state index in [1.165, 1.54) is 0 Å². The Hall–Kier alpha value is -1.30. The molecule has 2 atom stereocenters. The molecule has 2 heterocycles. The monoisotopic (exact) mass is 236 g/mol. The molecule has 5 heteroatoms. The van der Waals surface area contributed by atoms with Gasteiger partial charge in [0.1, 0.15) is 13.2 Å². The van der Waals surface area contributed by atoms with Gasteiger partial charge in [-0.05, 0) is 17.7 Å². The maximum atomic E-state index is 9.30. The van der Waals surface area contributed by atoms with Crippen molar-refractivity contribution in [3.8, 4) is 11.5 Å². The van der Waals surface area contributed by atoms with E-state index in [0.29, 0.717) is 13.2 Å². The van der Waals surface area contributed by atoms with Crippen LogP contribution in [0.4, 0.5) is 0 Å². The van der Waals surface area contributed by atoms with Crippen LogP contribution < -0.4 is 20.3 Å². The Kier molecular flexibility index (Phi) is 2.88. The molecule has 1 fully saturated rings. The first-order valence-corrected chi connectivity index (χ1v) is 5.87. The van der Waals surface area contributed by atoms with Gasteiger partial charge in [0.05, 0.1) is 6.04 Å². The van der Waals surface area contributed by atoms with Crippen LogP contribution >= 0.6 is 0 Å². The van der Waals surface area contributed by atoms with E-state index in [2.05, 4.69) is 10.9 Å². The molecule has 17 heavy (non-hydrogen) atoms. The maximum absolute atomic E-state index is 9.30. The van der Waals surface area contributed by atoms with E-state index in [1.807, 2.05) is 18.2 Å². The summed E-state index contributed by atoms with van der Waals surface area (Å²) in [4.78, 5) is 0. The zero-order valence-electron chi connectivity index (χ0n) is 9.48. The molecule has 0 aromatic heterocycles. The standard InChI is InChI=1S/C12H16N2O3/c15-7-9-6-13-14-12(9)8-1-2-10-11(5-8)17-4-3-16-10/h1-2,5,9,12-15H,3-4,6-7H2. The minimum atomic E-state index is 0.121. The van der Waals surface area contributed by atoms with Crippen LogP contribution in [0.5, 0.6) is 11.5 Å². The third-order valence-electron chi connectivity index (χ3n) is 3.25. The first-order chi connectivity index (χ1) is 8.38. The molecule has 1 saturated heterocycles. The van der Waals surface area contributed by atoms with Gasteiger partial charge in [0.15, 0.2) is 11.5 Å². The third-order valence-corrected chi connectivity index (χ3v) is 3.25. The number of nitrogens with one attached hydrogen (secondary N) is 2. The van der Waals surface area contributed by atoms with Gasteiger partial charge in [-0.3, -0.25) is 5.43 Å². The summed E-state index contributed by atoms with van der Waals surface area (Å²) in [5.41, 5.74) is 7.35. The van der Waals surface area contributed by atoms with E-state index in [0.717, 1.165) is 23.6 Å². The van der Waals surface area contributed by atoms with Crippen LogP contribution in [0.25, 0.3) is 0 Å². The minimum absolute atomic E-state index is 0.121. The van der Waals surface area contributed by atoms with Crippen LogP contribution in [0.15, 0.2) is 18.2 Å². The van der Waals surface area contributed by atoms with Crippen LogP contribution in [0.3, 0.4) is 0 Å². The minimum Gasteiger partial charge on any atom is -0.486 e. The fourth-order valence-electron chi connectivity index (χ4n) is 2.31. The van der Waals surface area contributed by atoms with Crippen molar-refractivity contribution in [3.05, 3.63) is 23.8 Å². The van der Waals surface area contributed by atoms with Gasteiger partial charge in [-0.25, -0.2) is 5.43 Å². The zero-order chi connectivity index (χ0) is 11.7. The molecule has 0 saturated carbocycles. The lowest BCUT2D eigenvalue weighted by atomic mass is 9.95. The van der Waals surface area contributed by atoms with Gasteiger partial charge in [-0.1, -0.05) is 6.07 Å². The molecule has 92 valence electrons. The van der Waals surface area contributed by atoms with E-state index < -0.39 is 0 Å². The molecule has 1 aromatic carbocycles. The molecule has 2 aliphatic rings. The van der Waals surface area contributed by atoms with Gasteiger partial charge in [0.2, 0.25) is 0 Å². The fraction of sp³-hybridized carbons (Fsp3) is 0.500. The van der Waals surface area contributed by atoms with Crippen LogP contribution in [-0.4, -0.2) is 31.5 Å².